The zero-order chi connectivity index (χ0) is 22.2. The number of pyridine rings is 1. The summed E-state index contributed by atoms with van der Waals surface area (Å²) in [6.45, 7) is 5.45. The van der Waals surface area contributed by atoms with Crippen molar-refractivity contribution in [2.24, 2.45) is 0 Å². The quantitative estimate of drug-likeness (QED) is 0.676. The van der Waals surface area contributed by atoms with Crippen molar-refractivity contribution in [3.05, 3.63) is 54.3 Å². The third kappa shape index (κ3) is 4.72. The van der Waals surface area contributed by atoms with Gasteiger partial charge in [-0.3, -0.25) is 9.88 Å². The van der Waals surface area contributed by atoms with Gasteiger partial charge in [0.2, 0.25) is 11.7 Å². The molecule has 0 unspecified atom stereocenters. The van der Waals surface area contributed by atoms with Crippen LogP contribution in [0.25, 0.3) is 22.6 Å². The van der Waals surface area contributed by atoms with Crippen LogP contribution in [0.3, 0.4) is 0 Å². The van der Waals surface area contributed by atoms with Crippen LogP contribution >= 0.6 is 0 Å². The Labute approximate surface area is 178 Å². The van der Waals surface area contributed by atoms with Crippen molar-refractivity contribution in [2.45, 2.75) is 44.9 Å². The highest BCUT2D eigenvalue weighted by molar-refractivity contribution is 5.69. The number of nitrogens with zero attached hydrogens (tertiary/aromatic N) is 4. The topological polar surface area (TPSA) is 102 Å². The molecule has 0 radical (unpaired) electrons. The molecular formula is C22H23FN4O4. The van der Waals surface area contributed by atoms with E-state index in [-0.39, 0.29) is 30.5 Å². The van der Waals surface area contributed by atoms with Crippen LogP contribution in [-0.4, -0.2) is 49.5 Å². The van der Waals surface area contributed by atoms with Gasteiger partial charge in [0.25, 0.3) is 0 Å². The van der Waals surface area contributed by atoms with E-state index in [1.54, 1.807) is 51.2 Å². The van der Waals surface area contributed by atoms with Crippen molar-refractivity contribution in [1.29, 1.82) is 0 Å². The van der Waals surface area contributed by atoms with E-state index >= 15 is 0 Å². The fourth-order valence-electron chi connectivity index (χ4n) is 3.41. The normalized spacial score (nSPS) is 18.9. The molecule has 0 bridgehead atoms. The lowest BCUT2D eigenvalue weighted by molar-refractivity contribution is 0.0184. The molecule has 1 aliphatic heterocycles. The summed E-state index contributed by atoms with van der Waals surface area (Å²) in [6.07, 6.45) is 0.613. The molecule has 8 nitrogen and oxygen atoms in total. The monoisotopic (exact) mass is 426 g/mol. The summed E-state index contributed by atoms with van der Waals surface area (Å²) < 4.78 is 24.3. The third-order valence-electron chi connectivity index (χ3n) is 4.78. The number of likely N-dealkylation sites (tertiary alicyclic amines) is 1. The van der Waals surface area contributed by atoms with E-state index in [0.717, 1.165) is 5.56 Å². The van der Waals surface area contributed by atoms with Crippen LogP contribution in [-0.2, 0) is 4.74 Å². The van der Waals surface area contributed by atoms with Gasteiger partial charge in [0, 0.05) is 18.2 Å². The Morgan fingerprint density at radius 1 is 1.26 bits per heavy atom. The predicted molar refractivity (Wildman–Crippen MR) is 109 cm³/mol. The molecule has 1 aromatic carbocycles. The number of aromatic nitrogens is 3. The highest BCUT2D eigenvalue weighted by atomic mass is 19.1. The van der Waals surface area contributed by atoms with Gasteiger partial charge in [-0.2, -0.15) is 4.98 Å². The zero-order valence-electron chi connectivity index (χ0n) is 17.4. The molecule has 0 aliphatic carbocycles. The summed E-state index contributed by atoms with van der Waals surface area (Å²) in [5.41, 5.74) is 1.27. The number of carbonyl (C=O) groups is 1. The SMILES string of the molecule is CC(C)(C)OC(=O)N1C[C@H](O)C[C@@H]1c1nc(-c2ccc(-c3cccc(F)c3)cn2)no1. The number of benzene rings is 1. The predicted octanol–water partition coefficient (Wildman–Crippen LogP) is 3.98. The Morgan fingerprint density at radius 3 is 2.74 bits per heavy atom. The number of β-amino-alcohol motifs (C(OH)–C–C–N with tert-alkyl or cyclic N) is 1. The molecule has 1 aliphatic rings. The van der Waals surface area contributed by atoms with Crippen LogP contribution in [0.2, 0.25) is 0 Å². The third-order valence-corrected chi connectivity index (χ3v) is 4.78. The van der Waals surface area contributed by atoms with Crippen LogP contribution < -0.4 is 0 Å². The van der Waals surface area contributed by atoms with E-state index in [2.05, 4.69) is 15.1 Å². The van der Waals surface area contributed by atoms with E-state index in [0.29, 0.717) is 11.3 Å². The van der Waals surface area contributed by atoms with Crippen molar-refractivity contribution in [1.82, 2.24) is 20.0 Å². The molecule has 4 rings (SSSR count). The number of rotatable bonds is 3. The van der Waals surface area contributed by atoms with E-state index in [1.807, 2.05) is 0 Å². The Bertz CT molecular complexity index is 1080. The van der Waals surface area contributed by atoms with Gasteiger partial charge in [0.15, 0.2) is 0 Å². The molecule has 2 atom stereocenters. The van der Waals surface area contributed by atoms with Crippen LogP contribution in [0.1, 0.15) is 39.1 Å². The van der Waals surface area contributed by atoms with Gasteiger partial charge in [0.1, 0.15) is 23.2 Å². The molecule has 31 heavy (non-hydrogen) atoms. The molecule has 0 saturated carbocycles. The Kier molecular flexibility index (Phi) is 5.45. The summed E-state index contributed by atoms with van der Waals surface area (Å²) in [5.74, 6) is 0.136. The Morgan fingerprint density at radius 2 is 2.06 bits per heavy atom. The van der Waals surface area contributed by atoms with Gasteiger partial charge in [0.05, 0.1) is 12.6 Å². The summed E-state index contributed by atoms with van der Waals surface area (Å²) >= 11 is 0. The highest BCUT2D eigenvalue weighted by Crippen LogP contribution is 2.33. The number of aliphatic hydroxyl groups excluding tert-OH is 1. The maximum Gasteiger partial charge on any atom is 0.411 e. The summed E-state index contributed by atoms with van der Waals surface area (Å²) in [7, 11) is 0. The van der Waals surface area contributed by atoms with Crippen molar-refractivity contribution < 1.29 is 23.6 Å². The standard InChI is InChI=1S/C22H23FN4O4/c1-22(2,3)30-21(29)27-12-16(28)10-18(27)20-25-19(26-31-20)17-8-7-14(11-24-17)13-5-4-6-15(23)9-13/h4-9,11,16,18,28H,10,12H2,1-3H3/t16-,18-/m1/s1. The molecule has 3 heterocycles. The molecule has 2 aromatic heterocycles. The van der Waals surface area contributed by atoms with Gasteiger partial charge in [-0.1, -0.05) is 23.4 Å². The smallest absolute Gasteiger partial charge is 0.411 e. The van der Waals surface area contributed by atoms with Crippen LogP contribution in [0.5, 0.6) is 0 Å². The minimum absolute atomic E-state index is 0.123. The molecular weight excluding hydrogens is 403 g/mol. The largest absolute Gasteiger partial charge is 0.444 e. The minimum atomic E-state index is -0.712. The highest BCUT2D eigenvalue weighted by Gasteiger charge is 2.40. The number of hydrogen-bond acceptors (Lipinski definition) is 7. The van der Waals surface area contributed by atoms with Crippen molar-refractivity contribution in [2.75, 3.05) is 6.54 Å². The lowest BCUT2D eigenvalue weighted by Gasteiger charge is -2.26. The fourth-order valence-corrected chi connectivity index (χ4v) is 3.41. The van der Waals surface area contributed by atoms with Gasteiger partial charge >= 0.3 is 6.09 Å². The van der Waals surface area contributed by atoms with Crippen molar-refractivity contribution in [3.8, 4) is 22.6 Å². The van der Waals surface area contributed by atoms with Crippen LogP contribution in [0.4, 0.5) is 9.18 Å². The molecule has 1 fully saturated rings. The first-order chi connectivity index (χ1) is 14.7. The van der Waals surface area contributed by atoms with Gasteiger partial charge in [-0.15, -0.1) is 0 Å². The Hall–Kier alpha value is -3.33. The fraction of sp³-hybridized carbons (Fsp3) is 0.364. The lowest BCUT2D eigenvalue weighted by Crippen LogP contribution is -2.37. The van der Waals surface area contributed by atoms with E-state index < -0.39 is 23.8 Å². The molecule has 0 spiro atoms. The average molecular weight is 426 g/mol. The molecule has 1 saturated heterocycles. The minimum Gasteiger partial charge on any atom is -0.444 e. The molecule has 3 aromatic rings. The van der Waals surface area contributed by atoms with Gasteiger partial charge in [-0.05, 0) is 44.5 Å². The first-order valence-electron chi connectivity index (χ1n) is 9.93. The molecule has 1 N–H and O–H groups in total. The van der Waals surface area contributed by atoms with Crippen molar-refractivity contribution >= 4 is 6.09 Å². The second kappa shape index (κ2) is 8.07. The Balaban J connectivity index is 1.54. The van der Waals surface area contributed by atoms with Gasteiger partial charge in [-0.25, -0.2) is 9.18 Å². The number of amides is 1. The zero-order valence-corrected chi connectivity index (χ0v) is 17.4. The van der Waals surface area contributed by atoms with Crippen LogP contribution in [0.15, 0.2) is 47.1 Å². The summed E-state index contributed by atoms with van der Waals surface area (Å²) in [5, 5.41) is 14.1. The van der Waals surface area contributed by atoms with E-state index in [1.165, 1.54) is 17.0 Å². The maximum absolute atomic E-state index is 13.4. The first-order valence-corrected chi connectivity index (χ1v) is 9.93. The van der Waals surface area contributed by atoms with E-state index in [4.69, 9.17) is 9.26 Å². The number of hydrogen-bond donors (Lipinski definition) is 1. The maximum atomic E-state index is 13.4. The second-order valence-electron chi connectivity index (χ2n) is 8.44. The summed E-state index contributed by atoms with van der Waals surface area (Å²) in [6, 6.07) is 9.16. The first kappa shape index (κ1) is 20.9. The van der Waals surface area contributed by atoms with Gasteiger partial charge < -0.3 is 14.4 Å². The molecule has 1 amide bonds. The van der Waals surface area contributed by atoms with E-state index in [9.17, 15) is 14.3 Å². The second-order valence-corrected chi connectivity index (χ2v) is 8.44. The lowest BCUT2D eigenvalue weighted by atomic mass is 10.1. The molecule has 162 valence electrons. The number of aliphatic hydroxyl groups is 1. The van der Waals surface area contributed by atoms with Crippen LogP contribution in [0, 0.1) is 5.82 Å². The average Bonchev–Trinajstić information content (AvgIpc) is 3.33. The molecule has 9 heteroatoms. The number of carbonyl (C=O) groups excluding carboxylic acids is 1. The number of ether oxygens (including phenoxy) is 1. The summed E-state index contributed by atoms with van der Waals surface area (Å²) in [4.78, 5) is 22.7. The number of halogens is 1. The van der Waals surface area contributed by atoms with Crippen molar-refractivity contribution in [3.63, 3.8) is 0 Å².